The molecule has 0 aliphatic carbocycles. The molecule has 0 radical (unpaired) electrons. The van der Waals surface area contributed by atoms with E-state index in [9.17, 15) is 4.79 Å². The molecule has 3 aromatic rings. The van der Waals surface area contributed by atoms with Crippen LogP contribution in [0.5, 0.6) is 0 Å². The van der Waals surface area contributed by atoms with Crippen LogP contribution in [-0.4, -0.2) is 57.3 Å². The van der Waals surface area contributed by atoms with E-state index in [1.165, 1.54) is 0 Å². The van der Waals surface area contributed by atoms with Gasteiger partial charge in [-0.3, -0.25) is 5.32 Å². The molecule has 1 N–H and O–H groups in total. The van der Waals surface area contributed by atoms with Crippen LogP contribution in [0, 0.1) is 0 Å². The molecular formula is C19H19N7O. The normalized spacial score (nSPS) is 14.1. The highest BCUT2D eigenvalue weighted by Crippen LogP contribution is 2.19. The highest BCUT2D eigenvalue weighted by Gasteiger charge is 2.22. The third-order valence-electron chi connectivity index (χ3n) is 4.37. The van der Waals surface area contributed by atoms with Crippen LogP contribution < -0.4 is 10.2 Å². The van der Waals surface area contributed by atoms with E-state index in [-0.39, 0.29) is 6.03 Å². The fourth-order valence-corrected chi connectivity index (χ4v) is 2.95. The van der Waals surface area contributed by atoms with Gasteiger partial charge in [-0.25, -0.2) is 14.8 Å². The van der Waals surface area contributed by atoms with Crippen molar-refractivity contribution in [1.82, 2.24) is 25.1 Å². The standard InChI is InChI=1S/C19H19N7O/c27-19(22-16-7-4-9-21-24-16)26-13-11-25(12-14-26)17-8-10-20-18(23-17)15-5-2-1-3-6-15/h1-10H,11-14H2,(H,22,24,27). The number of hydrogen-bond donors (Lipinski definition) is 1. The Kier molecular flexibility index (Phi) is 4.86. The highest BCUT2D eigenvalue weighted by atomic mass is 16.2. The predicted molar refractivity (Wildman–Crippen MR) is 102 cm³/mol. The topological polar surface area (TPSA) is 87.1 Å². The van der Waals surface area contributed by atoms with Crippen LogP contribution >= 0.6 is 0 Å². The summed E-state index contributed by atoms with van der Waals surface area (Å²) in [5, 5.41) is 10.4. The first kappa shape index (κ1) is 16.9. The number of amides is 2. The number of rotatable bonds is 3. The fourth-order valence-electron chi connectivity index (χ4n) is 2.95. The molecule has 2 amide bonds. The summed E-state index contributed by atoms with van der Waals surface area (Å²) in [5.41, 5.74) is 0.987. The minimum Gasteiger partial charge on any atom is -0.353 e. The second-order valence-electron chi connectivity index (χ2n) is 6.12. The van der Waals surface area contributed by atoms with E-state index in [4.69, 9.17) is 0 Å². The summed E-state index contributed by atoms with van der Waals surface area (Å²) in [4.78, 5) is 25.3. The number of hydrogen-bond acceptors (Lipinski definition) is 6. The number of benzene rings is 1. The van der Waals surface area contributed by atoms with Crippen LogP contribution in [-0.2, 0) is 0 Å². The number of nitrogens with one attached hydrogen (secondary N) is 1. The number of urea groups is 1. The van der Waals surface area contributed by atoms with Gasteiger partial charge in [0.25, 0.3) is 0 Å². The lowest BCUT2D eigenvalue weighted by Gasteiger charge is -2.35. The Hall–Kier alpha value is -3.55. The minimum absolute atomic E-state index is 0.164. The lowest BCUT2D eigenvalue weighted by atomic mass is 10.2. The van der Waals surface area contributed by atoms with Gasteiger partial charge in [0, 0.05) is 44.1 Å². The van der Waals surface area contributed by atoms with Crippen molar-refractivity contribution >= 4 is 17.7 Å². The van der Waals surface area contributed by atoms with Crippen molar-refractivity contribution in [3.8, 4) is 11.4 Å². The number of carbonyl (C=O) groups is 1. The van der Waals surface area contributed by atoms with Gasteiger partial charge in [0.1, 0.15) is 5.82 Å². The molecule has 1 aromatic carbocycles. The number of nitrogens with zero attached hydrogens (tertiary/aromatic N) is 6. The minimum atomic E-state index is -0.164. The molecule has 1 aliphatic rings. The molecule has 0 saturated carbocycles. The van der Waals surface area contributed by atoms with Gasteiger partial charge in [-0.15, -0.1) is 5.10 Å². The maximum absolute atomic E-state index is 12.4. The zero-order valence-electron chi connectivity index (χ0n) is 14.7. The zero-order chi connectivity index (χ0) is 18.5. The highest BCUT2D eigenvalue weighted by molar-refractivity contribution is 5.88. The molecule has 0 atom stereocenters. The molecule has 8 heteroatoms. The summed E-state index contributed by atoms with van der Waals surface area (Å²) in [7, 11) is 0. The Morgan fingerprint density at radius 2 is 1.74 bits per heavy atom. The quantitative estimate of drug-likeness (QED) is 0.770. The molecule has 3 heterocycles. The van der Waals surface area contributed by atoms with Crippen molar-refractivity contribution in [1.29, 1.82) is 0 Å². The number of aromatic nitrogens is 4. The molecule has 27 heavy (non-hydrogen) atoms. The van der Waals surface area contributed by atoms with Crippen molar-refractivity contribution < 1.29 is 4.79 Å². The van der Waals surface area contributed by atoms with Gasteiger partial charge >= 0.3 is 6.03 Å². The van der Waals surface area contributed by atoms with E-state index in [0.717, 1.165) is 11.4 Å². The summed E-state index contributed by atoms with van der Waals surface area (Å²) in [6.07, 6.45) is 3.34. The summed E-state index contributed by atoms with van der Waals surface area (Å²) < 4.78 is 0. The second-order valence-corrected chi connectivity index (χ2v) is 6.12. The summed E-state index contributed by atoms with van der Waals surface area (Å²) in [5.74, 6) is 2.03. The SMILES string of the molecule is O=C(Nc1cccnn1)N1CCN(c2ccnc(-c3ccccc3)n2)CC1. The second kappa shape index (κ2) is 7.77. The molecule has 0 unspecified atom stereocenters. The fraction of sp³-hybridized carbons (Fsp3) is 0.211. The largest absolute Gasteiger partial charge is 0.353 e. The van der Waals surface area contributed by atoms with Gasteiger partial charge < -0.3 is 9.80 Å². The number of piperazine rings is 1. The third kappa shape index (κ3) is 4.00. The molecular weight excluding hydrogens is 342 g/mol. The van der Waals surface area contributed by atoms with Gasteiger partial charge in [-0.05, 0) is 18.2 Å². The summed E-state index contributed by atoms with van der Waals surface area (Å²) in [6.45, 7) is 2.63. The Bertz CT molecular complexity index is 896. The van der Waals surface area contributed by atoms with Gasteiger partial charge in [0.05, 0.1) is 0 Å². The van der Waals surface area contributed by atoms with Crippen molar-refractivity contribution in [2.75, 3.05) is 36.4 Å². The molecule has 136 valence electrons. The van der Waals surface area contributed by atoms with Crippen LogP contribution in [0.25, 0.3) is 11.4 Å². The maximum Gasteiger partial charge on any atom is 0.323 e. The van der Waals surface area contributed by atoms with E-state index in [2.05, 4.69) is 30.4 Å². The van der Waals surface area contributed by atoms with Gasteiger partial charge in [-0.1, -0.05) is 30.3 Å². The van der Waals surface area contributed by atoms with Crippen molar-refractivity contribution in [2.24, 2.45) is 0 Å². The summed E-state index contributed by atoms with van der Waals surface area (Å²) >= 11 is 0. The van der Waals surface area contributed by atoms with Crippen LogP contribution in [0.3, 0.4) is 0 Å². The Balaban J connectivity index is 1.39. The first-order valence-electron chi connectivity index (χ1n) is 8.77. The van der Waals surface area contributed by atoms with Crippen LogP contribution in [0.15, 0.2) is 60.9 Å². The van der Waals surface area contributed by atoms with E-state index in [0.29, 0.717) is 37.8 Å². The van der Waals surface area contributed by atoms with Crippen LogP contribution in [0.4, 0.5) is 16.4 Å². The molecule has 2 aromatic heterocycles. The van der Waals surface area contributed by atoms with Crippen LogP contribution in [0.2, 0.25) is 0 Å². The zero-order valence-corrected chi connectivity index (χ0v) is 14.7. The lowest BCUT2D eigenvalue weighted by Crippen LogP contribution is -2.50. The van der Waals surface area contributed by atoms with Crippen LogP contribution in [0.1, 0.15) is 0 Å². The first-order valence-corrected chi connectivity index (χ1v) is 8.77. The molecule has 1 aliphatic heterocycles. The summed E-state index contributed by atoms with van der Waals surface area (Å²) in [6, 6.07) is 15.1. The van der Waals surface area contributed by atoms with E-state index in [1.54, 1.807) is 29.4 Å². The molecule has 4 rings (SSSR count). The Morgan fingerprint density at radius 3 is 2.48 bits per heavy atom. The van der Waals surface area contributed by atoms with Crippen molar-refractivity contribution in [2.45, 2.75) is 0 Å². The maximum atomic E-state index is 12.4. The van der Waals surface area contributed by atoms with E-state index >= 15 is 0 Å². The molecule has 1 fully saturated rings. The van der Waals surface area contributed by atoms with Gasteiger partial charge in [0.2, 0.25) is 0 Å². The van der Waals surface area contributed by atoms with E-state index < -0.39 is 0 Å². The first-order chi connectivity index (χ1) is 13.3. The predicted octanol–water partition coefficient (Wildman–Crippen LogP) is 2.29. The van der Waals surface area contributed by atoms with Crippen molar-refractivity contribution in [3.05, 3.63) is 60.9 Å². The van der Waals surface area contributed by atoms with Crippen molar-refractivity contribution in [3.63, 3.8) is 0 Å². The lowest BCUT2D eigenvalue weighted by molar-refractivity contribution is 0.208. The van der Waals surface area contributed by atoms with Gasteiger partial charge in [0.15, 0.2) is 11.6 Å². The molecule has 8 nitrogen and oxygen atoms in total. The number of anilines is 2. The average Bonchev–Trinajstić information content (AvgIpc) is 2.75. The van der Waals surface area contributed by atoms with Gasteiger partial charge in [-0.2, -0.15) is 5.10 Å². The number of carbonyl (C=O) groups excluding carboxylic acids is 1. The Morgan fingerprint density at radius 1 is 0.926 bits per heavy atom. The third-order valence-corrected chi connectivity index (χ3v) is 4.37. The monoisotopic (exact) mass is 361 g/mol. The molecule has 0 spiro atoms. The van der Waals surface area contributed by atoms with E-state index in [1.807, 2.05) is 36.4 Å². The molecule has 1 saturated heterocycles. The molecule has 0 bridgehead atoms. The smallest absolute Gasteiger partial charge is 0.323 e. The Labute approximate surface area is 156 Å². The average molecular weight is 361 g/mol.